The quantitative estimate of drug-likeness (QED) is 0.737. The average Bonchev–Trinajstić information content (AvgIpc) is 2.55. The molecule has 0 atom stereocenters. The third kappa shape index (κ3) is 1.28. The van der Waals surface area contributed by atoms with Crippen LogP contribution in [0.1, 0.15) is 0 Å². The molecule has 2 aromatic heterocycles. The van der Waals surface area contributed by atoms with Gasteiger partial charge in [0.25, 0.3) is 5.89 Å². The van der Waals surface area contributed by atoms with Gasteiger partial charge >= 0.3 is 0 Å². The van der Waals surface area contributed by atoms with Gasteiger partial charge < -0.3 is 8.94 Å². The van der Waals surface area contributed by atoms with Crippen molar-refractivity contribution < 1.29 is 8.94 Å². The minimum Gasteiger partial charge on any atom is -0.472 e. The van der Waals surface area contributed by atoms with Crippen LogP contribution in [0.4, 0.5) is 0 Å². The molecular formula is C6H3IN2O2. The molecule has 0 unspecified atom stereocenters. The van der Waals surface area contributed by atoms with Crippen LogP contribution in [0.3, 0.4) is 0 Å². The van der Waals surface area contributed by atoms with Crippen LogP contribution in [-0.4, -0.2) is 10.1 Å². The van der Waals surface area contributed by atoms with E-state index in [9.17, 15) is 0 Å². The Hall–Kier alpha value is -0.850. The molecule has 56 valence electrons. The summed E-state index contributed by atoms with van der Waals surface area (Å²) < 4.78 is 10.3. The smallest absolute Gasteiger partial charge is 0.261 e. The Morgan fingerprint density at radius 2 is 2.36 bits per heavy atom. The molecule has 11 heavy (non-hydrogen) atoms. The van der Waals surface area contributed by atoms with E-state index in [1.807, 2.05) is 22.6 Å². The molecule has 0 aliphatic heterocycles. The Bertz CT molecular complexity index is 341. The van der Waals surface area contributed by atoms with Crippen LogP contribution in [0.15, 0.2) is 27.5 Å². The van der Waals surface area contributed by atoms with Gasteiger partial charge in [-0.25, -0.2) is 0 Å². The highest BCUT2D eigenvalue weighted by molar-refractivity contribution is 14.1. The van der Waals surface area contributed by atoms with Crippen LogP contribution < -0.4 is 0 Å². The van der Waals surface area contributed by atoms with Gasteiger partial charge in [-0.15, -0.1) is 0 Å². The Morgan fingerprint density at radius 3 is 2.91 bits per heavy atom. The van der Waals surface area contributed by atoms with Gasteiger partial charge in [-0.3, -0.25) is 0 Å². The lowest BCUT2D eigenvalue weighted by Gasteiger charge is -1.79. The number of halogens is 1. The zero-order valence-electron chi connectivity index (χ0n) is 5.32. The topological polar surface area (TPSA) is 52.1 Å². The van der Waals surface area contributed by atoms with Crippen molar-refractivity contribution in [3.05, 3.63) is 22.4 Å². The molecule has 0 saturated carbocycles. The second kappa shape index (κ2) is 2.65. The summed E-state index contributed by atoms with van der Waals surface area (Å²) in [6.07, 6.45) is 3.12. The van der Waals surface area contributed by atoms with Crippen LogP contribution in [0.25, 0.3) is 11.5 Å². The number of aromatic nitrogens is 2. The van der Waals surface area contributed by atoms with Crippen molar-refractivity contribution in [2.24, 2.45) is 0 Å². The first kappa shape index (κ1) is 6.84. The predicted molar refractivity (Wildman–Crippen MR) is 44.7 cm³/mol. The first-order chi connectivity index (χ1) is 5.36. The summed E-state index contributed by atoms with van der Waals surface area (Å²) in [6, 6.07) is 1.77. The number of hydrogen-bond donors (Lipinski definition) is 0. The number of rotatable bonds is 1. The van der Waals surface area contributed by atoms with Gasteiger partial charge in [0.05, 0.1) is 11.8 Å². The van der Waals surface area contributed by atoms with Gasteiger partial charge in [0.2, 0.25) is 3.83 Å². The third-order valence-electron chi connectivity index (χ3n) is 1.17. The lowest BCUT2D eigenvalue weighted by molar-refractivity contribution is 0.425. The SMILES string of the molecule is Ic1noc(-c2ccoc2)n1. The van der Waals surface area contributed by atoms with Crippen LogP contribution in [0.5, 0.6) is 0 Å². The fourth-order valence-electron chi connectivity index (χ4n) is 0.709. The van der Waals surface area contributed by atoms with E-state index in [1.54, 1.807) is 18.6 Å². The van der Waals surface area contributed by atoms with Crippen LogP contribution in [0, 0.1) is 3.83 Å². The summed E-state index contributed by atoms with van der Waals surface area (Å²) >= 11 is 1.98. The highest BCUT2D eigenvalue weighted by Gasteiger charge is 2.06. The highest BCUT2D eigenvalue weighted by Crippen LogP contribution is 2.17. The minimum atomic E-state index is 0.489. The monoisotopic (exact) mass is 262 g/mol. The van der Waals surface area contributed by atoms with Gasteiger partial charge in [0.15, 0.2) is 0 Å². The van der Waals surface area contributed by atoms with Crippen molar-refractivity contribution >= 4 is 22.6 Å². The fourth-order valence-corrected chi connectivity index (χ4v) is 1.03. The Morgan fingerprint density at radius 1 is 1.45 bits per heavy atom. The minimum absolute atomic E-state index is 0.489. The number of furan rings is 1. The first-order valence-electron chi connectivity index (χ1n) is 2.88. The van der Waals surface area contributed by atoms with Crippen LogP contribution >= 0.6 is 22.6 Å². The second-order valence-corrected chi connectivity index (χ2v) is 2.85. The van der Waals surface area contributed by atoms with E-state index in [4.69, 9.17) is 8.94 Å². The van der Waals surface area contributed by atoms with Gasteiger partial charge in [0, 0.05) is 22.6 Å². The largest absolute Gasteiger partial charge is 0.472 e. The van der Waals surface area contributed by atoms with Gasteiger partial charge in [0.1, 0.15) is 6.26 Å². The maximum atomic E-state index is 4.88. The molecule has 0 saturated heterocycles. The normalized spacial score (nSPS) is 10.3. The predicted octanol–water partition coefficient (Wildman–Crippen LogP) is 1.93. The molecule has 0 aliphatic carbocycles. The fraction of sp³-hybridized carbons (Fsp3) is 0. The standard InChI is InChI=1S/C6H3IN2O2/c7-6-8-5(11-9-6)4-1-2-10-3-4/h1-3H. The summed E-state index contributed by atoms with van der Waals surface area (Å²) in [4.78, 5) is 4.00. The van der Waals surface area contributed by atoms with Crippen molar-refractivity contribution in [2.45, 2.75) is 0 Å². The molecule has 0 aromatic carbocycles. The van der Waals surface area contributed by atoms with E-state index in [1.165, 1.54) is 0 Å². The Kier molecular flexibility index (Phi) is 1.65. The van der Waals surface area contributed by atoms with Crippen molar-refractivity contribution in [3.63, 3.8) is 0 Å². The van der Waals surface area contributed by atoms with E-state index in [0.29, 0.717) is 9.72 Å². The summed E-state index contributed by atoms with van der Waals surface area (Å²) in [5, 5.41) is 3.63. The Labute approximate surface area is 75.7 Å². The molecule has 5 heteroatoms. The highest BCUT2D eigenvalue weighted by atomic mass is 127. The van der Waals surface area contributed by atoms with Crippen molar-refractivity contribution in [1.29, 1.82) is 0 Å². The number of hydrogen-bond acceptors (Lipinski definition) is 4. The van der Waals surface area contributed by atoms with Gasteiger partial charge in [-0.1, -0.05) is 5.16 Å². The van der Waals surface area contributed by atoms with E-state index in [0.717, 1.165) is 5.56 Å². The zero-order chi connectivity index (χ0) is 7.68. The van der Waals surface area contributed by atoms with Crippen molar-refractivity contribution in [1.82, 2.24) is 10.1 Å². The molecular weight excluding hydrogens is 259 g/mol. The van der Waals surface area contributed by atoms with E-state index >= 15 is 0 Å². The average molecular weight is 262 g/mol. The molecule has 0 bridgehead atoms. The Balaban J connectivity index is 2.45. The molecule has 4 nitrogen and oxygen atoms in total. The van der Waals surface area contributed by atoms with E-state index in [2.05, 4.69) is 10.1 Å². The van der Waals surface area contributed by atoms with Gasteiger partial charge in [-0.05, 0) is 6.07 Å². The summed E-state index contributed by atoms with van der Waals surface area (Å²) in [7, 11) is 0. The van der Waals surface area contributed by atoms with E-state index < -0.39 is 0 Å². The van der Waals surface area contributed by atoms with Crippen LogP contribution in [-0.2, 0) is 0 Å². The maximum absolute atomic E-state index is 4.88. The van der Waals surface area contributed by atoms with Crippen molar-refractivity contribution in [3.8, 4) is 11.5 Å². The van der Waals surface area contributed by atoms with Crippen LogP contribution in [0.2, 0.25) is 0 Å². The molecule has 2 aromatic rings. The molecule has 0 aliphatic rings. The van der Waals surface area contributed by atoms with Crippen molar-refractivity contribution in [2.75, 3.05) is 0 Å². The summed E-state index contributed by atoms with van der Waals surface area (Å²) in [6.45, 7) is 0. The van der Waals surface area contributed by atoms with Gasteiger partial charge in [-0.2, -0.15) is 4.98 Å². The molecule has 0 N–H and O–H groups in total. The summed E-state index contributed by atoms with van der Waals surface area (Å²) in [5.74, 6) is 0.489. The molecule has 2 rings (SSSR count). The molecule has 0 radical (unpaired) electrons. The molecule has 2 heterocycles. The molecule has 0 amide bonds. The maximum Gasteiger partial charge on any atom is 0.261 e. The summed E-state index contributed by atoms with van der Waals surface area (Å²) in [5.41, 5.74) is 0.806. The lowest BCUT2D eigenvalue weighted by Crippen LogP contribution is -1.72. The van der Waals surface area contributed by atoms with E-state index in [-0.39, 0.29) is 0 Å². The molecule has 0 fully saturated rings. The first-order valence-corrected chi connectivity index (χ1v) is 3.96. The second-order valence-electron chi connectivity index (χ2n) is 1.88. The molecule has 0 spiro atoms. The zero-order valence-corrected chi connectivity index (χ0v) is 7.48. The number of nitrogens with zero attached hydrogens (tertiary/aromatic N) is 2. The lowest BCUT2D eigenvalue weighted by atomic mass is 10.3. The third-order valence-corrected chi connectivity index (χ3v) is 1.61.